The number of fused-ring (bicyclic) bond motifs is 1. The summed E-state index contributed by atoms with van der Waals surface area (Å²) in [6, 6.07) is 17.9. The number of para-hydroxylation sites is 2. The van der Waals surface area contributed by atoms with Crippen LogP contribution in [0.3, 0.4) is 0 Å². The number of hydrogen-bond acceptors (Lipinski definition) is 4. The minimum atomic E-state index is -0.339. The first-order valence-electron chi connectivity index (χ1n) is 8.84. The van der Waals surface area contributed by atoms with Gasteiger partial charge in [0.25, 0.3) is 5.91 Å². The van der Waals surface area contributed by atoms with E-state index in [0.717, 1.165) is 11.1 Å². The van der Waals surface area contributed by atoms with Gasteiger partial charge in [-0.1, -0.05) is 35.3 Å². The van der Waals surface area contributed by atoms with Gasteiger partial charge >= 0.3 is 0 Å². The summed E-state index contributed by atoms with van der Waals surface area (Å²) in [7, 11) is 0. The Morgan fingerprint density at radius 1 is 1.07 bits per heavy atom. The van der Waals surface area contributed by atoms with Crippen LogP contribution in [0.25, 0.3) is 22.6 Å². The van der Waals surface area contributed by atoms with Gasteiger partial charge in [-0.15, -0.1) is 0 Å². The molecule has 3 aromatic carbocycles. The average Bonchev–Trinajstić information content (AvgIpc) is 3.15. The van der Waals surface area contributed by atoms with E-state index in [4.69, 9.17) is 32.4 Å². The first-order chi connectivity index (χ1) is 14.0. The van der Waals surface area contributed by atoms with Gasteiger partial charge in [0.1, 0.15) is 11.3 Å². The third-order valence-electron chi connectivity index (χ3n) is 4.28. The van der Waals surface area contributed by atoms with Gasteiger partial charge in [0.15, 0.2) is 12.2 Å². The predicted molar refractivity (Wildman–Crippen MR) is 115 cm³/mol. The first-order valence-corrected chi connectivity index (χ1v) is 9.59. The van der Waals surface area contributed by atoms with Crippen molar-refractivity contribution in [1.29, 1.82) is 0 Å². The molecule has 0 unspecified atom stereocenters. The maximum Gasteiger partial charge on any atom is 0.262 e. The Hall–Kier alpha value is -3.02. The number of nitrogens with one attached hydrogen (secondary N) is 1. The van der Waals surface area contributed by atoms with Crippen LogP contribution in [0.5, 0.6) is 5.75 Å². The van der Waals surface area contributed by atoms with Gasteiger partial charge < -0.3 is 14.5 Å². The highest BCUT2D eigenvalue weighted by molar-refractivity contribution is 6.33. The van der Waals surface area contributed by atoms with E-state index in [-0.39, 0.29) is 12.5 Å². The lowest BCUT2D eigenvalue weighted by atomic mass is 10.2. The Kier molecular flexibility index (Phi) is 5.43. The highest BCUT2D eigenvalue weighted by Gasteiger charge is 2.12. The SMILES string of the molecule is Cc1cc(OCC(=O)Nc2cc(-c3nc4ccccc4o3)ccc2Cl)ccc1Cl. The fraction of sp³-hybridized carbons (Fsp3) is 0.0909. The molecule has 0 aliphatic heterocycles. The predicted octanol–water partition coefficient (Wildman–Crippen LogP) is 6.13. The van der Waals surface area contributed by atoms with Crippen LogP contribution in [0.15, 0.2) is 65.1 Å². The second-order valence-electron chi connectivity index (χ2n) is 6.43. The Morgan fingerprint density at radius 2 is 1.86 bits per heavy atom. The van der Waals surface area contributed by atoms with E-state index in [1.54, 1.807) is 36.4 Å². The molecule has 0 spiro atoms. The molecule has 1 N–H and O–H groups in total. The fourth-order valence-electron chi connectivity index (χ4n) is 2.79. The maximum atomic E-state index is 12.3. The minimum Gasteiger partial charge on any atom is -0.484 e. The van der Waals surface area contributed by atoms with Crippen LogP contribution in [0, 0.1) is 6.92 Å². The number of ether oxygens (including phenoxy) is 1. The van der Waals surface area contributed by atoms with E-state index in [9.17, 15) is 4.79 Å². The molecule has 0 fully saturated rings. The molecule has 29 heavy (non-hydrogen) atoms. The van der Waals surface area contributed by atoms with E-state index < -0.39 is 0 Å². The molecule has 0 bridgehead atoms. The third-order valence-corrected chi connectivity index (χ3v) is 5.03. The van der Waals surface area contributed by atoms with Gasteiger partial charge in [0.2, 0.25) is 5.89 Å². The molecule has 7 heteroatoms. The van der Waals surface area contributed by atoms with Crippen LogP contribution >= 0.6 is 23.2 Å². The van der Waals surface area contributed by atoms with Crippen molar-refractivity contribution in [2.75, 3.05) is 11.9 Å². The standard InChI is InChI=1S/C22H16Cl2N2O3/c1-13-10-15(7-9-16(13)23)28-12-21(27)25-19-11-14(6-8-17(19)24)22-26-18-4-2-3-5-20(18)29-22/h2-11H,12H2,1H3,(H,25,27). The largest absolute Gasteiger partial charge is 0.484 e. The second-order valence-corrected chi connectivity index (χ2v) is 7.24. The summed E-state index contributed by atoms with van der Waals surface area (Å²) in [5.74, 6) is 0.675. The van der Waals surface area contributed by atoms with Crippen LogP contribution in [0.4, 0.5) is 5.69 Å². The average molecular weight is 427 g/mol. The van der Waals surface area contributed by atoms with Crippen molar-refractivity contribution < 1.29 is 13.9 Å². The summed E-state index contributed by atoms with van der Waals surface area (Å²) in [5.41, 5.74) is 3.48. The van der Waals surface area contributed by atoms with E-state index in [1.165, 1.54) is 0 Å². The molecular formula is C22H16Cl2N2O3. The van der Waals surface area contributed by atoms with Crippen molar-refractivity contribution >= 4 is 45.9 Å². The number of oxazole rings is 1. The van der Waals surface area contributed by atoms with Crippen molar-refractivity contribution in [2.24, 2.45) is 0 Å². The van der Waals surface area contributed by atoms with E-state index in [1.807, 2.05) is 31.2 Å². The quantitative estimate of drug-likeness (QED) is 0.416. The fourth-order valence-corrected chi connectivity index (χ4v) is 3.07. The number of rotatable bonds is 5. The molecule has 1 heterocycles. The number of carbonyl (C=O) groups excluding carboxylic acids is 1. The van der Waals surface area contributed by atoms with Crippen molar-refractivity contribution in [2.45, 2.75) is 6.92 Å². The minimum absolute atomic E-state index is 0.162. The monoisotopic (exact) mass is 426 g/mol. The molecule has 0 atom stereocenters. The first kappa shape index (κ1) is 19.3. The Labute approximate surface area is 177 Å². The molecule has 5 nitrogen and oxygen atoms in total. The van der Waals surface area contributed by atoms with E-state index in [2.05, 4.69) is 10.3 Å². The molecule has 4 aromatic rings. The molecule has 146 valence electrons. The van der Waals surface area contributed by atoms with Gasteiger partial charge in [0, 0.05) is 10.6 Å². The van der Waals surface area contributed by atoms with Crippen molar-refractivity contribution in [3.8, 4) is 17.2 Å². The summed E-state index contributed by atoms with van der Waals surface area (Å²) in [4.78, 5) is 16.8. The molecule has 0 radical (unpaired) electrons. The van der Waals surface area contributed by atoms with Crippen molar-refractivity contribution in [3.05, 3.63) is 76.3 Å². The van der Waals surface area contributed by atoms with Crippen LogP contribution in [0.2, 0.25) is 10.0 Å². The number of anilines is 1. The Morgan fingerprint density at radius 3 is 2.66 bits per heavy atom. The van der Waals surface area contributed by atoms with Gasteiger partial charge in [0.05, 0.1) is 10.7 Å². The molecule has 1 aromatic heterocycles. The van der Waals surface area contributed by atoms with Crippen LogP contribution in [0.1, 0.15) is 5.56 Å². The Bertz CT molecular complexity index is 1170. The number of amides is 1. The highest BCUT2D eigenvalue weighted by atomic mass is 35.5. The van der Waals surface area contributed by atoms with Gasteiger partial charge in [-0.05, 0) is 61.0 Å². The normalized spacial score (nSPS) is 10.9. The van der Waals surface area contributed by atoms with Crippen molar-refractivity contribution in [1.82, 2.24) is 4.98 Å². The number of aromatic nitrogens is 1. The number of carbonyl (C=O) groups is 1. The zero-order valence-corrected chi connectivity index (χ0v) is 16.9. The topological polar surface area (TPSA) is 64.4 Å². The summed E-state index contributed by atoms with van der Waals surface area (Å²) in [6.07, 6.45) is 0. The summed E-state index contributed by atoms with van der Waals surface area (Å²) < 4.78 is 11.3. The zero-order valence-electron chi connectivity index (χ0n) is 15.4. The Balaban J connectivity index is 1.48. The number of hydrogen-bond donors (Lipinski definition) is 1. The third kappa shape index (κ3) is 4.36. The van der Waals surface area contributed by atoms with Crippen LogP contribution < -0.4 is 10.1 Å². The lowest BCUT2D eigenvalue weighted by molar-refractivity contribution is -0.118. The smallest absolute Gasteiger partial charge is 0.262 e. The maximum absolute atomic E-state index is 12.3. The molecule has 4 rings (SSSR count). The van der Waals surface area contributed by atoms with E-state index in [0.29, 0.717) is 38.5 Å². The highest BCUT2D eigenvalue weighted by Crippen LogP contribution is 2.30. The molecule has 0 aliphatic carbocycles. The molecule has 0 aliphatic rings. The van der Waals surface area contributed by atoms with Gasteiger partial charge in [-0.3, -0.25) is 4.79 Å². The van der Waals surface area contributed by atoms with Gasteiger partial charge in [-0.25, -0.2) is 4.98 Å². The number of benzene rings is 3. The number of halogens is 2. The zero-order chi connectivity index (χ0) is 20.4. The molecule has 0 saturated heterocycles. The van der Waals surface area contributed by atoms with Crippen molar-refractivity contribution in [3.63, 3.8) is 0 Å². The second kappa shape index (κ2) is 8.15. The number of nitrogens with zero attached hydrogens (tertiary/aromatic N) is 1. The molecule has 0 saturated carbocycles. The molecule has 1 amide bonds. The summed E-state index contributed by atoms with van der Waals surface area (Å²) in [6.45, 7) is 1.71. The number of aryl methyl sites for hydroxylation is 1. The van der Waals surface area contributed by atoms with Gasteiger partial charge in [-0.2, -0.15) is 0 Å². The van der Waals surface area contributed by atoms with Crippen LogP contribution in [-0.2, 0) is 4.79 Å². The van der Waals surface area contributed by atoms with E-state index >= 15 is 0 Å². The lowest BCUT2D eigenvalue weighted by Crippen LogP contribution is -2.20. The summed E-state index contributed by atoms with van der Waals surface area (Å²) in [5, 5.41) is 3.81. The summed E-state index contributed by atoms with van der Waals surface area (Å²) >= 11 is 12.2. The lowest BCUT2D eigenvalue weighted by Gasteiger charge is -2.10. The van der Waals surface area contributed by atoms with Crippen LogP contribution in [-0.4, -0.2) is 17.5 Å². The molecular weight excluding hydrogens is 411 g/mol.